The highest BCUT2D eigenvalue weighted by Crippen LogP contribution is 2.26. The molecule has 0 radical (unpaired) electrons. The smallest absolute Gasteiger partial charge is 0.352 e. The second-order valence-electron chi connectivity index (χ2n) is 5.03. The van der Waals surface area contributed by atoms with Gasteiger partial charge in [0.1, 0.15) is 5.69 Å². The number of hydrogen-bond donors (Lipinski definition) is 3. The van der Waals surface area contributed by atoms with Crippen LogP contribution < -0.4 is 5.32 Å². The van der Waals surface area contributed by atoms with Crippen molar-refractivity contribution < 1.29 is 14.7 Å². The molecule has 0 aliphatic heterocycles. The summed E-state index contributed by atoms with van der Waals surface area (Å²) >= 11 is 5.96. The zero-order valence-electron chi connectivity index (χ0n) is 11.9. The van der Waals surface area contributed by atoms with Gasteiger partial charge in [0.2, 0.25) is 5.91 Å². The van der Waals surface area contributed by atoms with Gasteiger partial charge in [-0.05, 0) is 31.5 Å². The van der Waals surface area contributed by atoms with Crippen molar-refractivity contribution in [1.29, 1.82) is 0 Å². The maximum Gasteiger partial charge on any atom is 0.352 e. The van der Waals surface area contributed by atoms with Gasteiger partial charge in [0.15, 0.2) is 0 Å². The van der Waals surface area contributed by atoms with Crippen molar-refractivity contribution in [1.82, 2.24) is 10.3 Å². The van der Waals surface area contributed by atoms with Crippen LogP contribution in [0, 0.1) is 0 Å². The molecule has 0 saturated carbocycles. The van der Waals surface area contributed by atoms with Gasteiger partial charge in [0, 0.05) is 27.5 Å². The molecule has 112 valence electrons. The summed E-state index contributed by atoms with van der Waals surface area (Å²) in [6.45, 7) is 3.88. The van der Waals surface area contributed by atoms with E-state index < -0.39 is 5.97 Å². The SMILES string of the molecule is CCC(C)NC(=O)Cc1c(C(=O)O)[nH]c2ccc(Cl)cc12. The second-order valence-corrected chi connectivity index (χ2v) is 5.46. The summed E-state index contributed by atoms with van der Waals surface area (Å²) < 4.78 is 0. The molecule has 1 unspecified atom stereocenters. The zero-order valence-corrected chi connectivity index (χ0v) is 12.6. The minimum atomic E-state index is -1.09. The minimum Gasteiger partial charge on any atom is -0.477 e. The van der Waals surface area contributed by atoms with Gasteiger partial charge < -0.3 is 15.4 Å². The Balaban J connectivity index is 2.40. The summed E-state index contributed by atoms with van der Waals surface area (Å²) in [7, 11) is 0. The average Bonchev–Trinajstić information content (AvgIpc) is 2.77. The Morgan fingerprint density at radius 2 is 2.14 bits per heavy atom. The van der Waals surface area contributed by atoms with Crippen LogP contribution in [0.3, 0.4) is 0 Å². The number of halogens is 1. The van der Waals surface area contributed by atoms with Crippen LogP contribution in [0.4, 0.5) is 0 Å². The summed E-state index contributed by atoms with van der Waals surface area (Å²) in [6, 6.07) is 5.11. The van der Waals surface area contributed by atoms with Crippen molar-refractivity contribution in [2.45, 2.75) is 32.7 Å². The lowest BCUT2D eigenvalue weighted by molar-refractivity contribution is -0.121. The number of fused-ring (bicyclic) bond motifs is 1. The number of amides is 1. The Kier molecular flexibility index (Phi) is 4.53. The minimum absolute atomic E-state index is 0.00627. The van der Waals surface area contributed by atoms with Crippen molar-refractivity contribution in [2.24, 2.45) is 0 Å². The molecule has 2 aromatic rings. The third-order valence-corrected chi connectivity index (χ3v) is 3.67. The molecule has 0 spiro atoms. The van der Waals surface area contributed by atoms with E-state index >= 15 is 0 Å². The topological polar surface area (TPSA) is 82.2 Å². The first-order valence-corrected chi connectivity index (χ1v) is 7.13. The van der Waals surface area contributed by atoms with Gasteiger partial charge in [-0.1, -0.05) is 18.5 Å². The third kappa shape index (κ3) is 3.36. The van der Waals surface area contributed by atoms with Crippen LogP contribution in [0.5, 0.6) is 0 Å². The lowest BCUT2D eigenvalue weighted by Crippen LogP contribution is -2.33. The van der Waals surface area contributed by atoms with Crippen LogP contribution in [0.15, 0.2) is 18.2 Å². The van der Waals surface area contributed by atoms with Crippen LogP contribution >= 0.6 is 11.6 Å². The lowest BCUT2D eigenvalue weighted by Gasteiger charge is -2.11. The fourth-order valence-electron chi connectivity index (χ4n) is 2.17. The largest absolute Gasteiger partial charge is 0.477 e. The average molecular weight is 309 g/mol. The number of nitrogens with one attached hydrogen (secondary N) is 2. The number of carboxylic acids is 1. The molecule has 0 aliphatic carbocycles. The lowest BCUT2D eigenvalue weighted by atomic mass is 10.1. The van der Waals surface area contributed by atoms with E-state index in [1.54, 1.807) is 18.2 Å². The number of aromatic amines is 1. The van der Waals surface area contributed by atoms with E-state index in [0.29, 0.717) is 21.5 Å². The third-order valence-electron chi connectivity index (χ3n) is 3.44. The molecule has 0 saturated heterocycles. The zero-order chi connectivity index (χ0) is 15.6. The molecule has 0 fully saturated rings. The van der Waals surface area contributed by atoms with Gasteiger partial charge in [-0.2, -0.15) is 0 Å². The van der Waals surface area contributed by atoms with E-state index in [1.807, 2.05) is 13.8 Å². The summed E-state index contributed by atoms with van der Waals surface area (Å²) in [4.78, 5) is 26.2. The fraction of sp³-hybridized carbons (Fsp3) is 0.333. The van der Waals surface area contributed by atoms with E-state index in [9.17, 15) is 14.7 Å². The van der Waals surface area contributed by atoms with E-state index in [4.69, 9.17) is 11.6 Å². The number of carbonyl (C=O) groups excluding carboxylic acids is 1. The van der Waals surface area contributed by atoms with Gasteiger partial charge in [0.25, 0.3) is 0 Å². The summed E-state index contributed by atoms with van der Waals surface area (Å²) in [5.41, 5.74) is 1.15. The molecule has 1 amide bonds. The molecule has 21 heavy (non-hydrogen) atoms. The summed E-state index contributed by atoms with van der Waals surface area (Å²) in [6.07, 6.45) is 0.823. The van der Waals surface area contributed by atoms with E-state index in [0.717, 1.165) is 6.42 Å². The molecule has 1 atom stereocenters. The van der Waals surface area contributed by atoms with E-state index in [-0.39, 0.29) is 24.1 Å². The van der Waals surface area contributed by atoms with Crippen LogP contribution in [-0.2, 0) is 11.2 Å². The summed E-state index contributed by atoms with van der Waals surface area (Å²) in [5, 5.41) is 13.3. The van der Waals surface area contributed by atoms with E-state index in [2.05, 4.69) is 10.3 Å². The fourth-order valence-corrected chi connectivity index (χ4v) is 2.35. The van der Waals surface area contributed by atoms with Crippen molar-refractivity contribution in [3.63, 3.8) is 0 Å². The molecular formula is C15H17ClN2O3. The Labute approximate surface area is 127 Å². The van der Waals surface area contributed by atoms with Crippen LogP contribution in [-0.4, -0.2) is 28.0 Å². The maximum absolute atomic E-state index is 12.0. The molecule has 5 nitrogen and oxygen atoms in total. The molecule has 3 N–H and O–H groups in total. The van der Waals surface area contributed by atoms with Crippen LogP contribution in [0.2, 0.25) is 5.02 Å². The van der Waals surface area contributed by atoms with Gasteiger partial charge in [-0.15, -0.1) is 0 Å². The Morgan fingerprint density at radius 1 is 1.43 bits per heavy atom. The van der Waals surface area contributed by atoms with E-state index in [1.165, 1.54) is 0 Å². The van der Waals surface area contributed by atoms with Crippen molar-refractivity contribution >= 4 is 34.4 Å². The first kappa shape index (κ1) is 15.4. The quantitative estimate of drug-likeness (QED) is 0.794. The standard InChI is InChI=1S/C15H17ClN2O3/c1-3-8(2)17-13(19)7-11-10-6-9(16)4-5-12(10)18-14(11)15(20)21/h4-6,8,18H,3,7H2,1-2H3,(H,17,19)(H,20,21). The number of benzene rings is 1. The van der Waals surface area contributed by atoms with Gasteiger partial charge in [-0.25, -0.2) is 4.79 Å². The predicted octanol–water partition coefficient (Wildman–Crippen LogP) is 2.98. The molecule has 1 aromatic carbocycles. The van der Waals surface area contributed by atoms with Gasteiger partial charge in [-0.3, -0.25) is 4.79 Å². The van der Waals surface area contributed by atoms with Crippen molar-refractivity contribution in [3.8, 4) is 0 Å². The molecular weight excluding hydrogens is 292 g/mol. The molecule has 1 heterocycles. The number of aromatic nitrogens is 1. The highest BCUT2D eigenvalue weighted by atomic mass is 35.5. The number of aromatic carboxylic acids is 1. The monoisotopic (exact) mass is 308 g/mol. The van der Waals surface area contributed by atoms with Crippen molar-refractivity contribution in [2.75, 3.05) is 0 Å². The Hall–Kier alpha value is -2.01. The number of hydrogen-bond acceptors (Lipinski definition) is 2. The predicted molar refractivity (Wildman–Crippen MR) is 81.9 cm³/mol. The molecule has 0 bridgehead atoms. The van der Waals surface area contributed by atoms with Gasteiger partial charge >= 0.3 is 5.97 Å². The highest BCUT2D eigenvalue weighted by molar-refractivity contribution is 6.31. The highest BCUT2D eigenvalue weighted by Gasteiger charge is 2.20. The second kappa shape index (κ2) is 6.18. The van der Waals surface area contributed by atoms with Crippen molar-refractivity contribution in [3.05, 3.63) is 34.5 Å². The van der Waals surface area contributed by atoms with Crippen LogP contribution in [0.1, 0.15) is 36.3 Å². The Bertz CT molecular complexity index is 694. The maximum atomic E-state index is 12.0. The molecule has 1 aromatic heterocycles. The molecule has 0 aliphatic rings. The number of carboxylic acid groups (broad SMARTS) is 1. The van der Waals surface area contributed by atoms with Crippen LogP contribution in [0.25, 0.3) is 10.9 Å². The van der Waals surface area contributed by atoms with Gasteiger partial charge in [0.05, 0.1) is 6.42 Å². The Morgan fingerprint density at radius 3 is 2.76 bits per heavy atom. The summed E-state index contributed by atoms with van der Waals surface area (Å²) in [5.74, 6) is -1.29. The normalized spacial score (nSPS) is 12.3. The first-order chi connectivity index (χ1) is 9.92. The molecule has 6 heteroatoms. The number of rotatable bonds is 5. The number of H-pyrrole nitrogens is 1. The number of carbonyl (C=O) groups is 2. The first-order valence-electron chi connectivity index (χ1n) is 6.75. The molecule has 2 rings (SSSR count).